The molecule has 3 aromatic rings. The van der Waals surface area contributed by atoms with Gasteiger partial charge in [0.15, 0.2) is 0 Å². The van der Waals surface area contributed by atoms with Crippen molar-refractivity contribution in [1.82, 2.24) is 4.98 Å². The third-order valence-corrected chi connectivity index (χ3v) is 3.01. The molecule has 0 saturated carbocycles. The highest BCUT2D eigenvalue weighted by Crippen LogP contribution is 2.20. The first-order valence-corrected chi connectivity index (χ1v) is 6.27. The van der Waals surface area contributed by atoms with Crippen molar-refractivity contribution >= 4 is 10.9 Å². The van der Waals surface area contributed by atoms with Gasteiger partial charge < -0.3 is 4.74 Å². The van der Waals surface area contributed by atoms with Crippen LogP contribution in [0.15, 0.2) is 54.6 Å². The minimum absolute atomic E-state index is 0.549. The molecular formula is C17H14NO. The second kappa shape index (κ2) is 5.11. The van der Waals surface area contributed by atoms with Gasteiger partial charge in [-0.05, 0) is 37.3 Å². The number of pyridine rings is 1. The van der Waals surface area contributed by atoms with Crippen LogP contribution in [0.5, 0.6) is 5.75 Å². The Morgan fingerprint density at radius 2 is 1.89 bits per heavy atom. The van der Waals surface area contributed by atoms with Gasteiger partial charge in [0, 0.05) is 16.6 Å². The molecule has 0 fully saturated rings. The summed E-state index contributed by atoms with van der Waals surface area (Å²) in [5.74, 6) is 0.859. The number of para-hydroxylation sites is 1. The summed E-state index contributed by atoms with van der Waals surface area (Å²) < 4.78 is 5.81. The van der Waals surface area contributed by atoms with E-state index in [0.717, 1.165) is 27.9 Å². The van der Waals surface area contributed by atoms with E-state index in [2.05, 4.69) is 23.2 Å². The molecule has 93 valence electrons. The van der Waals surface area contributed by atoms with Gasteiger partial charge in [-0.1, -0.05) is 30.3 Å². The molecule has 2 aromatic carbocycles. The Balaban J connectivity index is 1.92. The van der Waals surface area contributed by atoms with Crippen molar-refractivity contribution in [3.63, 3.8) is 0 Å². The van der Waals surface area contributed by atoms with Crippen LogP contribution in [0, 0.1) is 13.0 Å². The van der Waals surface area contributed by atoms with E-state index in [-0.39, 0.29) is 0 Å². The lowest BCUT2D eigenvalue weighted by molar-refractivity contribution is 0.307. The number of aryl methyl sites for hydroxylation is 1. The van der Waals surface area contributed by atoms with Gasteiger partial charge in [-0.3, -0.25) is 4.98 Å². The smallest absolute Gasteiger partial charge is 0.119 e. The lowest BCUT2D eigenvalue weighted by Crippen LogP contribution is -1.98. The average Bonchev–Trinajstić information content (AvgIpc) is 2.45. The molecule has 19 heavy (non-hydrogen) atoms. The van der Waals surface area contributed by atoms with E-state index in [0.29, 0.717) is 6.61 Å². The van der Waals surface area contributed by atoms with E-state index in [4.69, 9.17) is 4.74 Å². The van der Waals surface area contributed by atoms with Gasteiger partial charge in [0.1, 0.15) is 12.4 Å². The van der Waals surface area contributed by atoms with Crippen molar-refractivity contribution < 1.29 is 4.74 Å². The van der Waals surface area contributed by atoms with Gasteiger partial charge in [-0.2, -0.15) is 0 Å². The fraction of sp³-hybridized carbons (Fsp3) is 0.118. The topological polar surface area (TPSA) is 22.1 Å². The maximum absolute atomic E-state index is 5.81. The number of nitrogens with zero attached hydrogens (tertiary/aromatic N) is 1. The molecule has 0 aliphatic heterocycles. The number of hydrogen-bond acceptors (Lipinski definition) is 2. The number of benzene rings is 2. The fourth-order valence-corrected chi connectivity index (χ4v) is 2.14. The molecule has 2 nitrogen and oxygen atoms in total. The number of hydrogen-bond donors (Lipinski definition) is 0. The molecule has 0 atom stereocenters. The van der Waals surface area contributed by atoms with Crippen molar-refractivity contribution in [2.45, 2.75) is 13.5 Å². The maximum Gasteiger partial charge on any atom is 0.119 e. The zero-order valence-electron chi connectivity index (χ0n) is 10.8. The second-order valence-electron chi connectivity index (χ2n) is 4.46. The monoisotopic (exact) mass is 248 g/mol. The highest BCUT2D eigenvalue weighted by Gasteiger charge is 2.04. The third-order valence-electron chi connectivity index (χ3n) is 3.01. The van der Waals surface area contributed by atoms with Crippen LogP contribution >= 0.6 is 0 Å². The average molecular weight is 248 g/mol. The molecule has 0 unspecified atom stereocenters. The van der Waals surface area contributed by atoms with Crippen molar-refractivity contribution in [1.29, 1.82) is 0 Å². The van der Waals surface area contributed by atoms with E-state index in [1.54, 1.807) is 0 Å². The minimum Gasteiger partial charge on any atom is -0.489 e. The molecule has 0 N–H and O–H groups in total. The Kier molecular flexibility index (Phi) is 3.15. The van der Waals surface area contributed by atoms with E-state index in [9.17, 15) is 0 Å². The fourth-order valence-electron chi connectivity index (χ4n) is 2.14. The lowest BCUT2D eigenvalue weighted by Gasteiger charge is -2.09. The van der Waals surface area contributed by atoms with E-state index >= 15 is 0 Å². The van der Waals surface area contributed by atoms with Crippen LogP contribution in [0.4, 0.5) is 0 Å². The number of aromatic nitrogens is 1. The molecule has 1 radical (unpaired) electrons. The first-order valence-electron chi connectivity index (χ1n) is 6.27. The van der Waals surface area contributed by atoms with E-state index in [1.165, 1.54) is 0 Å². The Morgan fingerprint density at radius 1 is 1.11 bits per heavy atom. The molecule has 0 saturated heterocycles. The third kappa shape index (κ3) is 2.58. The molecule has 0 aliphatic carbocycles. The number of fused-ring (bicyclic) bond motifs is 1. The Labute approximate surface area is 112 Å². The summed E-state index contributed by atoms with van der Waals surface area (Å²) in [6, 6.07) is 20.7. The lowest BCUT2D eigenvalue weighted by atomic mass is 10.1. The molecule has 0 spiro atoms. The largest absolute Gasteiger partial charge is 0.489 e. The summed E-state index contributed by atoms with van der Waals surface area (Å²) in [6.07, 6.45) is 0. The highest BCUT2D eigenvalue weighted by molar-refractivity contribution is 5.82. The Bertz CT molecular complexity index is 692. The van der Waals surface area contributed by atoms with Gasteiger partial charge >= 0.3 is 0 Å². The molecule has 0 amide bonds. The van der Waals surface area contributed by atoms with Gasteiger partial charge in [-0.15, -0.1) is 0 Å². The number of rotatable bonds is 3. The second-order valence-corrected chi connectivity index (χ2v) is 4.46. The van der Waals surface area contributed by atoms with Crippen LogP contribution in [0.2, 0.25) is 0 Å². The van der Waals surface area contributed by atoms with Crippen LogP contribution < -0.4 is 4.74 Å². The first kappa shape index (κ1) is 11.7. The maximum atomic E-state index is 5.81. The van der Waals surface area contributed by atoms with Crippen molar-refractivity contribution in [2.24, 2.45) is 0 Å². The normalized spacial score (nSPS) is 10.6. The van der Waals surface area contributed by atoms with E-state index < -0.39 is 0 Å². The molecule has 0 bridgehead atoms. The van der Waals surface area contributed by atoms with Crippen LogP contribution in [0.1, 0.15) is 11.3 Å². The Morgan fingerprint density at radius 3 is 2.74 bits per heavy atom. The SMILES string of the molecule is Cc1cc(COc2cc[c]cc2)c2ccccc2n1. The summed E-state index contributed by atoms with van der Waals surface area (Å²) in [4.78, 5) is 4.53. The number of ether oxygens (including phenoxy) is 1. The molecule has 2 heteroatoms. The van der Waals surface area contributed by atoms with Gasteiger partial charge in [0.2, 0.25) is 0 Å². The van der Waals surface area contributed by atoms with Crippen LogP contribution in [0.3, 0.4) is 0 Å². The van der Waals surface area contributed by atoms with Gasteiger partial charge in [-0.25, -0.2) is 0 Å². The van der Waals surface area contributed by atoms with Crippen LogP contribution in [-0.4, -0.2) is 4.98 Å². The minimum atomic E-state index is 0.549. The zero-order valence-corrected chi connectivity index (χ0v) is 10.8. The molecule has 1 heterocycles. The standard InChI is InChI=1S/C17H14NO/c1-13-11-14(12-19-15-7-3-2-4-8-15)16-9-5-6-10-17(16)18-13/h3-11H,12H2,1H3. The molecule has 0 aliphatic rings. The summed E-state index contributed by atoms with van der Waals surface area (Å²) in [6.45, 7) is 2.56. The molecule has 3 rings (SSSR count). The Hall–Kier alpha value is -2.35. The molecular weight excluding hydrogens is 234 g/mol. The summed E-state index contributed by atoms with van der Waals surface area (Å²) in [7, 11) is 0. The predicted molar refractivity (Wildman–Crippen MR) is 76.1 cm³/mol. The molecule has 1 aromatic heterocycles. The summed E-state index contributed by atoms with van der Waals surface area (Å²) in [5.41, 5.74) is 3.19. The van der Waals surface area contributed by atoms with Crippen LogP contribution in [-0.2, 0) is 6.61 Å². The van der Waals surface area contributed by atoms with E-state index in [1.807, 2.05) is 49.4 Å². The quantitative estimate of drug-likeness (QED) is 0.700. The van der Waals surface area contributed by atoms with Crippen molar-refractivity contribution in [3.8, 4) is 5.75 Å². The van der Waals surface area contributed by atoms with Gasteiger partial charge in [0.25, 0.3) is 0 Å². The van der Waals surface area contributed by atoms with Crippen molar-refractivity contribution in [3.05, 3.63) is 71.9 Å². The van der Waals surface area contributed by atoms with Crippen LogP contribution in [0.25, 0.3) is 10.9 Å². The van der Waals surface area contributed by atoms with Gasteiger partial charge in [0.05, 0.1) is 5.52 Å². The highest BCUT2D eigenvalue weighted by atomic mass is 16.5. The summed E-state index contributed by atoms with van der Waals surface area (Å²) >= 11 is 0. The summed E-state index contributed by atoms with van der Waals surface area (Å²) in [5, 5.41) is 1.15. The zero-order chi connectivity index (χ0) is 13.1. The predicted octanol–water partition coefficient (Wildman–Crippen LogP) is 3.92. The van der Waals surface area contributed by atoms with Crippen molar-refractivity contribution in [2.75, 3.05) is 0 Å². The first-order chi connectivity index (χ1) is 9.33.